The van der Waals surface area contributed by atoms with Gasteiger partial charge in [0.1, 0.15) is 0 Å². The summed E-state index contributed by atoms with van der Waals surface area (Å²) in [5.74, 6) is -2.39. The molecule has 0 radical (unpaired) electrons. The minimum Gasteiger partial charge on any atom is -0.356 e. The molecule has 26 heavy (non-hydrogen) atoms. The zero-order valence-electron chi connectivity index (χ0n) is 14.8. The van der Waals surface area contributed by atoms with Gasteiger partial charge in [0.2, 0.25) is 5.91 Å². The highest BCUT2D eigenvalue weighted by molar-refractivity contribution is 6.45. The first-order chi connectivity index (χ1) is 12.3. The van der Waals surface area contributed by atoms with Gasteiger partial charge in [0.25, 0.3) is 0 Å². The molecule has 0 unspecified atom stereocenters. The number of rotatable bonds is 8. The maximum absolute atomic E-state index is 12.3. The summed E-state index contributed by atoms with van der Waals surface area (Å²) in [6, 6.07) is 5.95. The number of urea groups is 1. The van der Waals surface area contributed by atoms with E-state index in [-0.39, 0.29) is 12.5 Å². The topological polar surface area (TPSA) is 104 Å². The van der Waals surface area contributed by atoms with Crippen LogP contribution in [0.2, 0.25) is 0 Å². The number of nitrogens with one attached hydrogen (secondary N) is 1. The predicted molar refractivity (Wildman–Crippen MR) is 92.3 cm³/mol. The SMILES string of the molecule is CCCN1C(=O)C(=O)N(CC(=O)c2ccc(CCNC(C)=O)cc2)C1=O. The lowest BCUT2D eigenvalue weighted by molar-refractivity contribution is -0.143. The normalized spacial score (nSPS) is 14.2. The summed E-state index contributed by atoms with van der Waals surface area (Å²) in [5.41, 5.74) is 1.28. The van der Waals surface area contributed by atoms with Crippen molar-refractivity contribution in [3.63, 3.8) is 0 Å². The fraction of sp³-hybridized carbons (Fsp3) is 0.389. The second kappa shape index (κ2) is 8.37. The predicted octanol–water partition coefficient (Wildman–Crippen LogP) is 0.749. The largest absolute Gasteiger partial charge is 0.356 e. The van der Waals surface area contributed by atoms with E-state index in [1.54, 1.807) is 31.2 Å². The Morgan fingerprint density at radius 3 is 2.19 bits per heavy atom. The van der Waals surface area contributed by atoms with Gasteiger partial charge >= 0.3 is 17.8 Å². The van der Waals surface area contributed by atoms with Crippen LogP contribution in [-0.2, 0) is 20.8 Å². The Morgan fingerprint density at radius 1 is 1.00 bits per heavy atom. The number of imide groups is 2. The van der Waals surface area contributed by atoms with Crippen molar-refractivity contribution < 1.29 is 24.0 Å². The summed E-state index contributed by atoms with van der Waals surface area (Å²) in [4.78, 5) is 60.6. The molecule has 0 saturated carbocycles. The van der Waals surface area contributed by atoms with Gasteiger partial charge in [-0.05, 0) is 18.4 Å². The third kappa shape index (κ3) is 4.33. The van der Waals surface area contributed by atoms with Crippen molar-refractivity contribution in [1.82, 2.24) is 15.1 Å². The van der Waals surface area contributed by atoms with Crippen LogP contribution >= 0.6 is 0 Å². The molecular weight excluding hydrogens is 338 g/mol. The maximum atomic E-state index is 12.3. The molecule has 1 aromatic rings. The fourth-order valence-electron chi connectivity index (χ4n) is 2.59. The number of amides is 5. The molecule has 8 heteroatoms. The Bertz CT molecular complexity index is 742. The minimum atomic E-state index is -0.969. The Hall–Kier alpha value is -3.03. The van der Waals surface area contributed by atoms with Gasteiger partial charge in [-0.2, -0.15) is 0 Å². The Labute approximate surface area is 151 Å². The van der Waals surface area contributed by atoms with Gasteiger partial charge in [0.15, 0.2) is 5.78 Å². The highest BCUT2D eigenvalue weighted by Gasteiger charge is 2.44. The molecule has 5 amide bonds. The van der Waals surface area contributed by atoms with E-state index in [0.29, 0.717) is 29.8 Å². The molecule has 0 atom stereocenters. The van der Waals surface area contributed by atoms with Crippen LogP contribution in [0, 0.1) is 0 Å². The number of carbonyl (C=O) groups is 5. The van der Waals surface area contributed by atoms with Gasteiger partial charge in [0.05, 0.1) is 6.54 Å². The van der Waals surface area contributed by atoms with Crippen LogP contribution < -0.4 is 5.32 Å². The summed E-state index contributed by atoms with van der Waals surface area (Å²) in [6.45, 7) is 3.40. The molecular formula is C18H21N3O5. The molecule has 0 aliphatic carbocycles. The van der Waals surface area contributed by atoms with Crippen molar-refractivity contribution in [3.8, 4) is 0 Å². The molecule has 1 saturated heterocycles. The first kappa shape index (κ1) is 19.3. The van der Waals surface area contributed by atoms with Crippen molar-refractivity contribution in [2.75, 3.05) is 19.6 Å². The molecule has 1 aromatic carbocycles. The molecule has 0 bridgehead atoms. The summed E-state index contributed by atoms with van der Waals surface area (Å²) in [5, 5.41) is 2.68. The van der Waals surface area contributed by atoms with Gasteiger partial charge in [-0.15, -0.1) is 0 Å². The van der Waals surface area contributed by atoms with Crippen molar-refractivity contribution in [3.05, 3.63) is 35.4 Å². The second-order valence-electron chi connectivity index (χ2n) is 5.98. The van der Waals surface area contributed by atoms with Crippen LogP contribution in [0.5, 0.6) is 0 Å². The van der Waals surface area contributed by atoms with Crippen LogP contribution in [-0.4, -0.2) is 59.0 Å². The summed E-state index contributed by atoms with van der Waals surface area (Å²) in [7, 11) is 0. The maximum Gasteiger partial charge on any atom is 0.334 e. The van der Waals surface area contributed by atoms with E-state index < -0.39 is 30.2 Å². The Morgan fingerprint density at radius 2 is 1.62 bits per heavy atom. The second-order valence-corrected chi connectivity index (χ2v) is 5.98. The smallest absolute Gasteiger partial charge is 0.334 e. The molecule has 0 aromatic heterocycles. The lowest BCUT2D eigenvalue weighted by atomic mass is 10.1. The first-order valence-electron chi connectivity index (χ1n) is 8.39. The molecule has 1 heterocycles. The van der Waals surface area contributed by atoms with E-state index in [1.165, 1.54) is 6.92 Å². The van der Waals surface area contributed by atoms with E-state index in [1.807, 2.05) is 0 Å². The number of carbonyl (C=O) groups excluding carboxylic acids is 5. The van der Waals surface area contributed by atoms with Gasteiger partial charge < -0.3 is 5.32 Å². The van der Waals surface area contributed by atoms with Crippen molar-refractivity contribution in [1.29, 1.82) is 0 Å². The van der Waals surface area contributed by atoms with Gasteiger partial charge in [-0.3, -0.25) is 24.1 Å². The van der Waals surface area contributed by atoms with Crippen molar-refractivity contribution >= 4 is 29.5 Å². The molecule has 1 aliphatic rings. The molecule has 1 N–H and O–H groups in total. The number of ketones is 1. The third-order valence-electron chi connectivity index (χ3n) is 3.95. The number of hydrogen-bond donors (Lipinski definition) is 1. The van der Waals surface area contributed by atoms with Crippen LogP contribution in [0.25, 0.3) is 0 Å². The molecule has 138 valence electrons. The number of hydrogen-bond acceptors (Lipinski definition) is 5. The van der Waals surface area contributed by atoms with Gasteiger partial charge in [-0.1, -0.05) is 31.2 Å². The van der Waals surface area contributed by atoms with E-state index in [0.717, 1.165) is 10.5 Å². The van der Waals surface area contributed by atoms with Crippen LogP contribution in [0.3, 0.4) is 0 Å². The zero-order chi connectivity index (χ0) is 19.3. The first-order valence-corrected chi connectivity index (χ1v) is 8.39. The fourth-order valence-corrected chi connectivity index (χ4v) is 2.59. The highest BCUT2D eigenvalue weighted by Crippen LogP contribution is 2.14. The quantitative estimate of drug-likeness (QED) is 0.419. The minimum absolute atomic E-state index is 0.108. The molecule has 2 rings (SSSR count). The number of benzene rings is 1. The van der Waals surface area contributed by atoms with Crippen LogP contribution in [0.1, 0.15) is 36.2 Å². The van der Waals surface area contributed by atoms with Gasteiger partial charge in [-0.25, -0.2) is 9.69 Å². The molecule has 1 aliphatic heterocycles. The highest BCUT2D eigenvalue weighted by atomic mass is 16.2. The third-order valence-corrected chi connectivity index (χ3v) is 3.95. The van der Waals surface area contributed by atoms with Crippen molar-refractivity contribution in [2.24, 2.45) is 0 Å². The average molecular weight is 359 g/mol. The van der Waals surface area contributed by atoms with E-state index in [4.69, 9.17) is 0 Å². The zero-order valence-corrected chi connectivity index (χ0v) is 14.8. The Kier molecular flexibility index (Phi) is 6.21. The number of nitrogens with zero attached hydrogens (tertiary/aromatic N) is 2. The van der Waals surface area contributed by atoms with E-state index >= 15 is 0 Å². The molecule has 8 nitrogen and oxygen atoms in total. The van der Waals surface area contributed by atoms with Gasteiger partial charge in [0, 0.05) is 25.6 Å². The van der Waals surface area contributed by atoms with Crippen LogP contribution in [0.15, 0.2) is 24.3 Å². The average Bonchev–Trinajstić information content (AvgIpc) is 2.80. The summed E-state index contributed by atoms with van der Waals surface area (Å²) >= 11 is 0. The molecule has 1 fully saturated rings. The summed E-state index contributed by atoms with van der Waals surface area (Å²) in [6.07, 6.45) is 1.16. The lowest BCUT2D eigenvalue weighted by Gasteiger charge is -2.14. The number of Topliss-reactive ketones (excluding diaryl/α,β-unsaturated/α-hetero) is 1. The molecule has 0 spiro atoms. The monoisotopic (exact) mass is 359 g/mol. The lowest BCUT2D eigenvalue weighted by Crippen LogP contribution is -2.37. The van der Waals surface area contributed by atoms with Crippen molar-refractivity contribution in [2.45, 2.75) is 26.7 Å². The Balaban J connectivity index is 1.99. The van der Waals surface area contributed by atoms with E-state index in [9.17, 15) is 24.0 Å². The van der Waals surface area contributed by atoms with Crippen LogP contribution in [0.4, 0.5) is 4.79 Å². The standard InChI is InChI=1S/C18H21N3O5/c1-3-10-20-16(24)17(25)21(18(20)26)11-15(23)14-6-4-13(5-7-14)8-9-19-12(2)22/h4-7H,3,8-11H2,1-2H3,(H,19,22). The van der Waals surface area contributed by atoms with E-state index in [2.05, 4.69) is 5.32 Å². The summed E-state index contributed by atoms with van der Waals surface area (Å²) < 4.78 is 0.